The summed E-state index contributed by atoms with van der Waals surface area (Å²) in [6.07, 6.45) is 3.15. The third-order valence-electron chi connectivity index (χ3n) is 2.42. The zero-order valence-corrected chi connectivity index (χ0v) is 11.5. The van der Waals surface area contributed by atoms with Gasteiger partial charge in [0.25, 0.3) is 0 Å². The number of amides is 1. The number of hydrogen-bond donors (Lipinski definition) is 1. The minimum absolute atomic E-state index is 0.267. The van der Waals surface area contributed by atoms with Crippen molar-refractivity contribution in [3.8, 4) is 0 Å². The molecule has 0 aliphatic heterocycles. The predicted octanol–water partition coefficient (Wildman–Crippen LogP) is 4.24. The summed E-state index contributed by atoms with van der Waals surface area (Å²) >= 11 is 3.19. The Morgan fingerprint density at radius 3 is 2.58 bits per heavy atom. The van der Waals surface area contributed by atoms with Gasteiger partial charge >= 0.3 is 0 Å². The highest BCUT2D eigenvalue weighted by Crippen LogP contribution is 2.22. The Hall–Kier alpha value is -1.94. The molecule has 0 unspecified atom stereocenters. The van der Waals surface area contributed by atoms with Crippen LogP contribution in [0.1, 0.15) is 5.56 Å². The van der Waals surface area contributed by atoms with E-state index in [2.05, 4.69) is 21.2 Å². The van der Waals surface area contributed by atoms with Crippen LogP contribution in [0.3, 0.4) is 0 Å². The molecule has 0 aliphatic carbocycles. The summed E-state index contributed by atoms with van der Waals surface area (Å²) < 4.78 is 13.4. The van der Waals surface area contributed by atoms with Crippen LogP contribution < -0.4 is 5.32 Å². The van der Waals surface area contributed by atoms with Crippen LogP contribution >= 0.6 is 15.9 Å². The molecular formula is C15H11BrFNO. The van der Waals surface area contributed by atoms with Crippen molar-refractivity contribution >= 4 is 33.6 Å². The minimum Gasteiger partial charge on any atom is -0.321 e. The molecule has 2 aromatic rings. The Labute approximate surface area is 119 Å². The van der Waals surface area contributed by atoms with Gasteiger partial charge in [0, 0.05) is 10.5 Å². The van der Waals surface area contributed by atoms with Gasteiger partial charge in [-0.15, -0.1) is 0 Å². The van der Waals surface area contributed by atoms with Gasteiger partial charge in [0.15, 0.2) is 0 Å². The molecule has 4 heteroatoms. The first kappa shape index (κ1) is 13.5. The summed E-state index contributed by atoms with van der Waals surface area (Å²) in [5.41, 5.74) is 1.47. The van der Waals surface area contributed by atoms with Crippen LogP contribution in [0.4, 0.5) is 10.1 Å². The van der Waals surface area contributed by atoms with E-state index >= 15 is 0 Å². The van der Waals surface area contributed by atoms with E-state index < -0.39 is 0 Å². The highest BCUT2D eigenvalue weighted by molar-refractivity contribution is 9.10. The molecular weight excluding hydrogens is 309 g/mol. The second-order valence-electron chi connectivity index (χ2n) is 3.86. The highest BCUT2D eigenvalue weighted by Gasteiger charge is 2.03. The van der Waals surface area contributed by atoms with E-state index in [0.29, 0.717) is 10.2 Å². The molecule has 2 nitrogen and oxygen atoms in total. The van der Waals surface area contributed by atoms with Crippen LogP contribution in [-0.2, 0) is 4.79 Å². The van der Waals surface area contributed by atoms with E-state index in [0.717, 1.165) is 5.56 Å². The summed E-state index contributed by atoms with van der Waals surface area (Å²) in [4.78, 5) is 11.7. The number of rotatable bonds is 3. The van der Waals surface area contributed by atoms with Crippen molar-refractivity contribution in [1.82, 2.24) is 0 Å². The van der Waals surface area contributed by atoms with E-state index in [1.54, 1.807) is 6.08 Å². The van der Waals surface area contributed by atoms with Crippen molar-refractivity contribution in [2.24, 2.45) is 0 Å². The summed E-state index contributed by atoms with van der Waals surface area (Å²) in [6.45, 7) is 0. The Morgan fingerprint density at radius 2 is 1.89 bits per heavy atom. The minimum atomic E-state index is -0.357. The van der Waals surface area contributed by atoms with Gasteiger partial charge in [-0.05, 0) is 45.8 Å². The summed E-state index contributed by atoms with van der Waals surface area (Å²) in [5.74, 6) is -0.624. The molecule has 0 radical (unpaired) electrons. The van der Waals surface area contributed by atoms with Crippen LogP contribution in [0.25, 0.3) is 6.08 Å². The lowest BCUT2D eigenvalue weighted by atomic mass is 10.2. The largest absolute Gasteiger partial charge is 0.321 e. The lowest BCUT2D eigenvalue weighted by Gasteiger charge is -2.04. The van der Waals surface area contributed by atoms with Crippen LogP contribution in [0.15, 0.2) is 59.1 Å². The van der Waals surface area contributed by atoms with E-state index in [1.807, 2.05) is 30.3 Å². The van der Waals surface area contributed by atoms with Gasteiger partial charge in [-0.1, -0.05) is 30.3 Å². The Kier molecular flexibility index (Phi) is 4.47. The molecule has 0 aromatic heterocycles. The van der Waals surface area contributed by atoms with Crippen molar-refractivity contribution in [3.05, 3.63) is 70.5 Å². The van der Waals surface area contributed by atoms with E-state index in [9.17, 15) is 9.18 Å². The van der Waals surface area contributed by atoms with Crippen LogP contribution in [0.5, 0.6) is 0 Å². The third-order valence-corrected chi connectivity index (χ3v) is 3.07. The normalized spacial score (nSPS) is 10.6. The first-order valence-corrected chi connectivity index (χ1v) is 6.43. The maximum absolute atomic E-state index is 12.9. The van der Waals surface area contributed by atoms with Gasteiger partial charge < -0.3 is 5.32 Å². The SMILES string of the molecule is O=C(/C=C/c1ccccc1)Nc1ccc(F)cc1Br. The average Bonchev–Trinajstić information content (AvgIpc) is 2.41. The summed E-state index contributed by atoms with van der Waals surface area (Å²) in [6, 6.07) is 13.6. The number of nitrogens with one attached hydrogen (secondary N) is 1. The maximum atomic E-state index is 12.9. The van der Waals surface area contributed by atoms with Gasteiger partial charge in [0.2, 0.25) is 5.91 Å². The second-order valence-corrected chi connectivity index (χ2v) is 4.71. The van der Waals surface area contributed by atoms with Crippen LogP contribution in [0, 0.1) is 5.82 Å². The van der Waals surface area contributed by atoms with E-state index in [-0.39, 0.29) is 11.7 Å². The van der Waals surface area contributed by atoms with Gasteiger partial charge in [-0.25, -0.2) is 4.39 Å². The lowest BCUT2D eigenvalue weighted by molar-refractivity contribution is -0.111. The highest BCUT2D eigenvalue weighted by atomic mass is 79.9. The zero-order valence-electron chi connectivity index (χ0n) is 9.94. The topological polar surface area (TPSA) is 29.1 Å². The molecule has 96 valence electrons. The van der Waals surface area contributed by atoms with Gasteiger partial charge in [-0.3, -0.25) is 4.79 Å². The van der Waals surface area contributed by atoms with Crippen molar-refractivity contribution < 1.29 is 9.18 Å². The van der Waals surface area contributed by atoms with E-state index in [1.165, 1.54) is 24.3 Å². The first-order valence-electron chi connectivity index (χ1n) is 5.64. The molecule has 0 fully saturated rings. The van der Waals surface area contributed by atoms with Crippen molar-refractivity contribution in [3.63, 3.8) is 0 Å². The lowest BCUT2D eigenvalue weighted by Crippen LogP contribution is -2.08. The van der Waals surface area contributed by atoms with Crippen molar-refractivity contribution in [2.75, 3.05) is 5.32 Å². The maximum Gasteiger partial charge on any atom is 0.248 e. The Balaban J connectivity index is 2.04. The smallest absolute Gasteiger partial charge is 0.248 e. The molecule has 0 heterocycles. The molecule has 0 saturated carbocycles. The molecule has 0 saturated heterocycles. The number of carbonyl (C=O) groups is 1. The number of anilines is 1. The Bertz CT molecular complexity index is 611. The fourth-order valence-electron chi connectivity index (χ4n) is 1.50. The molecule has 19 heavy (non-hydrogen) atoms. The van der Waals surface area contributed by atoms with Crippen LogP contribution in [0.2, 0.25) is 0 Å². The zero-order chi connectivity index (χ0) is 13.7. The fourth-order valence-corrected chi connectivity index (χ4v) is 1.95. The Morgan fingerprint density at radius 1 is 1.16 bits per heavy atom. The van der Waals surface area contributed by atoms with Crippen molar-refractivity contribution in [1.29, 1.82) is 0 Å². The van der Waals surface area contributed by atoms with Crippen molar-refractivity contribution in [2.45, 2.75) is 0 Å². The quantitative estimate of drug-likeness (QED) is 0.842. The third kappa shape index (κ3) is 4.03. The second kappa shape index (κ2) is 6.29. The molecule has 0 bridgehead atoms. The first-order chi connectivity index (χ1) is 9.15. The summed E-state index contributed by atoms with van der Waals surface area (Å²) in [5, 5.41) is 2.67. The standard InChI is InChI=1S/C15H11BrFNO/c16-13-10-12(17)7-8-14(13)18-15(19)9-6-11-4-2-1-3-5-11/h1-10H,(H,18,19)/b9-6+. The number of carbonyl (C=O) groups excluding carboxylic acids is 1. The fraction of sp³-hybridized carbons (Fsp3) is 0. The average molecular weight is 320 g/mol. The number of benzene rings is 2. The summed E-state index contributed by atoms with van der Waals surface area (Å²) in [7, 11) is 0. The molecule has 1 amide bonds. The molecule has 2 aromatic carbocycles. The molecule has 0 spiro atoms. The molecule has 1 N–H and O–H groups in total. The molecule has 2 rings (SSSR count). The van der Waals surface area contributed by atoms with Gasteiger partial charge in [-0.2, -0.15) is 0 Å². The van der Waals surface area contributed by atoms with Gasteiger partial charge in [0.05, 0.1) is 5.69 Å². The van der Waals surface area contributed by atoms with Gasteiger partial charge in [0.1, 0.15) is 5.82 Å². The van der Waals surface area contributed by atoms with E-state index in [4.69, 9.17) is 0 Å². The number of hydrogen-bond acceptors (Lipinski definition) is 1. The molecule has 0 aliphatic rings. The number of halogens is 2. The van der Waals surface area contributed by atoms with Crippen LogP contribution in [-0.4, -0.2) is 5.91 Å². The predicted molar refractivity (Wildman–Crippen MR) is 78.2 cm³/mol. The monoisotopic (exact) mass is 319 g/mol. The molecule has 0 atom stereocenters.